The highest BCUT2D eigenvalue weighted by Gasteiger charge is 2.55. The van der Waals surface area contributed by atoms with E-state index in [0.29, 0.717) is 0 Å². The molecule has 1 fully saturated rings. The van der Waals surface area contributed by atoms with Crippen molar-refractivity contribution < 1.29 is 53.9 Å². The van der Waals surface area contributed by atoms with Gasteiger partial charge in [-0.25, -0.2) is 9.48 Å². The van der Waals surface area contributed by atoms with Crippen molar-refractivity contribution in [3.05, 3.63) is 81.1 Å². The molecule has 4 aromatic rings. The van der Waals surface area contributed by atoms with Gasteiger partial charge in [-0.2, -0.15) is 0 Å². The number of carbonyl (C=O) groups excluding carboxylic acids is 3. The first-order chi connectivity index (χ1) is 23.8. The standard InChI is InChI=1S/C29H21N7O12S2/c37-11-3-1-10(2-4-11)19(30-25(43)13-8-48-17-6-16(39)15(38)5-12(17)22(13)42)26(44)31-20-27(45)36-21(29(46)47)14(9-50-28(20)36)23(49)24-32-33-34-35(24)7-18(40)41/h1-6,8,19-20,28,37-39H,7,9H2,(H,30,43)(H,31,44)(H,40,41)(H,46,47)/t19?,20-,28+/m1/s1. The number of carboxylic acids is 2. The monoisotopic (exact) mass is 723 g/mol. The van der Waals surface area contributed by atoms with Crippen LogP contribution in [0.3, 0.4) is 0 Å². The maximum absolute atomic E-state index is 13.7. The van der Waals surface area contributed by atoms with Crippen molar-refractivity contribution in [1.82, 2.24) is 35.7 Å². The van der Waals surface area contributed by atoms with Crippen LogP contribution in [0.4, 0.5) is 0 Å². The summed E-state index contributed by atoms with van der Waals surface area (Å²) in [5, 5.41) is 62.9. The highest BCUT2D eigenvalue weighted by Crippen LogP contribution is 2.41. The Labute approximate surface area is 286 Å². The SMILES string of the molecule is O=C(O)Cn1nnnc1C(=S)C1=C(C(=O)O)N2C(=O)[C@@H](NC(=O)C(NC(=O)c3coc4cc(O)c(O)cc4c3=O)c3ccc(O)cc3)[C@@H]2SC1. The Morgan fingerprint density at radius 1 is 1.06 bits per heavy atom. The molecule has 2 aliphatic heterocycles. The summed E-state index contributed by atoms with van der Waals surface area (Å²) in [6, 6.07) is 4.12. The molecule has 0 bridgehead atoms. The Morgan fingerprint density at radius 3 is 2.44 bits per heavy atom. The second-order valence-electron chi connectivity index (χ2n) is 10.7. The third-order valence-electron chi connectivity index (χ3n) is 7.64. The molecule has 0 spiro atoms. The average Bonchev–Trinajstić information content (AvgIpc) is 3.53. The van der Waals surface area contributed by atoms with Crippen LogP contribution in [0.15, 0.2) is 63.1 Å². The molecular weight excluding hydrogens is 702 g/mol. The van der Waals surface area contributed by atoms with Crippen LogP contribution in [0.2, 0.25) is 0 Å². The van der Waals surface area contributed by atoms with E-state index in [2.05, 4.69) is 26.2 Å². The molecule has 256 valence electrons. The molecule has 4 heterocycles. The number of hydrogen-bond acceptors (Lipinski definition) is 15. The van der Waals surface area contributed by atoms with Crippen LogP contribution in [0.5, 0.6) is 17.2 Å². The van der Waals surface area contributed by atoms with Crippen LogP contribution in [-0.2, 0) is 25.7 Å². The summed E-state index contributed by atoms with van der Waals surface area (Å²) in [6.07, 6.45) is 0.802. The van der Waals surface area contributed by atoms with E-state index in [4.69, 9.17) is 21.7 Å². The molecule has 19 nitrogen and oxygen atoms in total. The topological polar surface area (TPSA) is 288 Å². The smallest absolute Gasteiger partial charge is 0.353 e. The lowest BCUT2D eigenvalue weighted by Gasteiger charge is -2.49. The van der Waals surface area contributed by atoms with E-state index in [1.807, 2.05) is 0 Å². The molecule has 50 heavy (non-hydrogen) atoms. The van der Waals surface area contributed by atoms with Gasteiger partial charge in [0.2, 0.25) is 11.3 Å². The number of nitrogens with one attached hydrogen (secondary N) is 2. The highest BCUT2D eigenvalue weighted by molar-refractivity contribution is 8.00. The molecule has 3 atom stereocenters. The summed E-state index contributed by atoms with van der Waals surface area (Å²) < 4.78 is 6.16. The summed E-state index contributed by atoms with van der Waals surface area (Å²) in [5.41, 5.74) is -2.01. The molecule has 21 heteroatoms. The molecule has 1 saturated heterocycles. The van der Waals surface area contributed by atoms with Gasteiger partial charge >= 0.3 is 11.9 Å². The number of rotatable bonds is 10. The number of carbonyl (C=O) groups is 5. The van der Waals surface area contributed by atoms with E-state index in [9.17, 15) is 49.2 Å². The summed E-state index contributed by atoms with van der Waals surface area (Å²) in [6.45, 7) is -0.663. The summed E-state index contributed by atoms with van der Waals surface area (Å²) in [7, 11) is 0. The van der Waals surface area contributed by atoms with Gasteiger partial charge in [-0.15, -0.1) is 16.9 Å². The number of aromatic hydroxyl groups is 3. The summed E-state index contributed by atoms with van der Waals surface area (Å²) >= 11 is 6.44. The van der Waals surface area contributed by atoms with E-state index >= 15 is 0 Å². The first-order valence-corrected chi connectivity index (χ1v) is 15.5. The van der Waals surface area contributed by atoms with Gasteiger partial charge in [0.1, 0.15) is 52.9 Å². The first-order valence-electron chi connectivity index (χ1n) is 14.1. The zero-order chi connectivity index (χ0) is 36.0. The van der Waals surface area contributed by atoms with Crippen molar-refractivity contribution in [2.75, 3.05) is 5.75 Å². The predicted octanol–water partition coefficient (Wildman–Crippen LogP) is -0.391. The van der Waals surface area contributed by atoms with Gasteiger partial charge in [-0.05, 0) is 34.2 Å². The van der Waals surface area contributed by atoms with Crippen LogP contribution < -0.4 is 16.1 Å². The molecule has 0 radical (unpaired) electrons. The Bertz CT molecular complexity index is 2230. The number of hydrogen-bond donors (Lipinski definition) is 7. The Morgan fingerprint density at radius 2 is 1.76 bits per heavy atom. The van der Waals surface area contributed by atoms with Gasteiger partial charge in [-0.1, -0.05) is 24.4 Å². The van der Waals surface area contributed by atoms with Gasteiger partial charge in [0.25, 0.3) is 11.8 Å². The largest absolute Gasteiger partial charge is 0.508 e. The van der Waals surface area contributed by atoms with Crippen molar-refractivity contribution >= 4 is 69.5 Å². The highest BCUT2D eigenvalue weighted by atomic mass is 32.2. The quantitative estimate of drug-likeness (QED) is 0.0474. The van der Waals surface area contributed by atoms with Crippen LogP contribution in [0, 0.1) is 0 Å². The van der Waals surface area contributed by atoms with Crippen LogP contribution in [-0.4, -0.2) is 102 Å². The zero-order valence-corrected chi connectivity index (χ0v) is 26.5. The molecule has 3 amide bonds. The number of aliphatic carboxylic acids is 2. The number of carboxylic acid groups (broad SMARTS) is 2. The molecule has 2 aromatic heterocycles. The molecule has 2 aliphatic rings. The van der Waals surface area contributed by atoms with Crippen LogP contribution in [0.25, 0.3) is 11.0 Å². The Kier molecular flexibility index (Phi) is 8.67. The van der Waals surface area contributed by atoms with Crippen LogP contribution >= 0.6 is 24.0 Å². The minimum absolute atomic E-state index is 0.0275. The Hall–Kier alpha value is -6.35. The second-order valence-corrected chi connectivity index (χ2v) is 12.2. The fourth-order valence-electron chi connectivity index (χ4n) is 5.25. The van der Waals surface area contributed by atoms with Crippen molar-refractivity contribution in [3.63, 3.8) is 0 Å². The van der Waals surface area contributed by atoms with Gasteiger partial charge in [0.05, 0.1) is 10.3 Å². The van der Waals surface area contributed by atoms with E-state index in [-0.39, 0.29) is 44.3 Å². The number of tetrazole rings is 1. The van der Waals surface area contributed by atoms with Gasteiger partial charge in [0, 0.05) is 17.4 Å². The van der Waals surface area contributed by atoms with Crippen molar-refractivity contribution in [2.24, 2.45) is 0 Å². The number of thiocarbonyl (C=S) groups is 1. The number of nitrogens with zero attached hydrogens (tertiary/aromatic N) is 5. The summed E-state index contributed by atoms with van der Waals surface area (Å²) in [5.74, 6) is -7.35. The number of aromatic nitrogens is 4. The molecule has 6 rings (SSSR count). The third-order valence-corrected chi connectivity index (χ3v) is 9.35. The second kappa shape index (κ2) is 12.9. The minimum atomic E-state index is -1.56. The number of β-lactam (4-membered cyclic amide) rings is 1. The first kappa shape index (κ1) is 33.5. The maximum atomic E-state index is 13.7. The third kappa shape index (κ3) is 5.94. The fourth-order valence-corrected chi connectivity index (χ4v) is 7.01. The molecule has 0 saturated carbocycles. The van der Waals surface area contributed by atoms with E-state index in [1.54, 1.807) is 0 Å². The lowest BCUT2D eigenvalue weighted by atomic mass is 9.99. The normalized spacial score (nSPS) is 17.4. The molecule has 1 unspecified atom stereocenters. The Balaban J connectivity index is 1.26. The predicted molar refractivity (Wildman–Crippen MR) is 171 cm³/mol. The molecule has 0 aliphatic carbocycles. The van der Waals surface area contributed by atoms with E-state index in [1.165, 1.54) is 24.3 Å². The summed E-state index contributed by atoms with van der Waals surface area (Å²) in [4.78, 5) is 77.9. The number of phenols is 3. The number of phenolic OH excluding ortho intramolecular Hbond substituents is 3. The number of amides is 3. The van der Waals surface area contributed by atoms with Crippen LogP contribution in [0.1, 0.15) is 27.8 Å². The number of benzene rings is 2. The zero-order valence-electron chi connectivity index (χ0n) is 24.8. The van der Waals surface area contributed by atoms with Crippen molar-refractivity contribution in [3.8, 4) is 17.2 Å². The van der Waals surface area contributed by atoms with Crippen molar-refractivity contribution in [1.29, 1.82) is 0 Å². The van der Waals surface area contributed by atoms with Gasteiger partial charge < -0.3 is 40.6 Å². The molecule has 7 N–H and O–H groups in total. The fraction of sp³-hybridized carbons (Fsp3) is 0.172. The number of fused-ring (bicyclic) bond motifs is 2. The van der Waals surface area contributed by atoms with Crippen molar-refractivity contribution in [2.45, 2.75) is 24.0 Å². The minimum Gasteiger partial charge on any atom is -0.508 e. The lowest BCUT2D eigenvalue weighted by Crippen LogP contribution is -2.71. The average molecular weight is 724 g/mol. The maximum Gasteiger partial charge on any atom is 0.353 e. The van der Waals surface area contributed by atoms with E-state index < -0.39 is 81.9 Å². The lowest BCUT2D eigenvalue weighted by molar-refractivity contribution is -0.150. The van der Waals surface area contributed by atoms with E-state index in [0.717, 1.165) is 39.7 Å². The molecule has 2 aromatic carbocycles. The number of thioether (sulfide) groups is 1. The van der Waals surface area contributed by atoms with Gasteiger partial charge in [-0.3, -0.25) is 28.9 Å². The molecular formula is C29H21N7O12S2. The van der Waals surface area contributed by atoms with Gasteiger partial charge in [0.15, 0.2) is 17.3 Å².